The molecule has 0 fully saturated rings. The van der Waals surface area contributed by atoms with Gasteiger partial charge in [-0.15, -0.1) is 0 Å². The van der Waals surface area contributed by atoms with Crippen LogP contribution in [0.2, 0.25) is 0 Å². The molecule has 27 heavy (non-hydrogen) atoms. The molecule has 0 unspecified atom stereocenters. The van der Waals surface area contributed by atoms with E-state index in [1.165, 1.54) is 0 Å². The van der Waals surface area contributed by atoms with Crippen LogP contribution in [-0.4, -0.2) is 25.0 Å². The summed E-state index contributed by atoms with van der Waals surface area (Å²) < 4.78 is 5.81. The van der Waals surface area contributed by atoms with Gasteiger partial charge in [0.15, 0.2) is 0 Å². The third kappa shape index (κ3) is 3.53. The number of nitrogens with zero attached hydrogens (tertiary/aromatic N) is 2. The number of hydrogen-bond donors (Lipinski definition) is 1. The highest BCUT2D eigenvalue weighted by Crippen LogP contribution is 2.28. The minimum Gasteiger partial charge on any atom is -0.438 e. The third-order valence-electron chi connectivity index (χ3n) is 4.32. The quantitative estimate of drug-likeness (QED) is 0.569. The Morgan fingerprint density at radius 1 is 1.00 bits per heavy atom. The van der Waals surface area contributed by atoms with Gasteiger partial charge in [-0.25, -0.2) is 4.98 Å². The number of pyridine rings is 1. The van der Waals surface area contributed by atoms with Crippen molar-refractivity contribution >= 4 is 28.4 Å². The second-order valence-corrected chi connectivity index (χ2v) is 6.49. The van der Waals surface area contributed by atoms with Gasteiger partial charge >= 0.3 is 0 Å². The van der Waals surface area contributed by atoms with Crippen molar-refractivity contribution in [1.82, 2.24) is 4.98 Å². The minimum atomic E-state index is -0.151. The summed E-state index contributed by atoms with van der Waals surface area (Å²) in [6, 6.07) is 20.9. The van der Waals surface area contributed by atoms with Gasteiger partial charge in [0.25, 0.3) is 5.91 Å². The van der Waals surface area contributed by atoms with Crippen molar-refractivity contribution < 1.29 is 9.21 Å². The van der Waals surface area contributed by atoms with Crippen molar-refractivity contribution in [3.63, 3.8) is 0 Å². The standard InChI is InChI=1S/C22H19N3O2/c1-25(2)19-10-4-7-16(13-19)21(26)24-18-9-3-6-15(12-18)20-14-17-8-5-11-23-22(17)27-20/h3-14H,1-2H3,(H,24,26). The molecule has 0 aliphatic rings. The first kappa shape index (κ1) is 16.8. The molecule has 0 saturated heterocycles. The highest BCUT2D eigenvalue weighted by atomic mass is 16.3. The van der Waals surface area contributed by atoms with Crippen LogP contribution in [0.15, 0.2) is 77.3 Å². The number of aromatic nitrogens is 1. The Hall–Kier alpha value is -3.60. The Bertz CT molecular complexity index is 1080. The number of nitrogens with one attached hydrogen (secondary N) is 1. The Morgan fingerprint density at radius 2 is 1.85 bits per heavy atom. The molecule has 2 aromatic heterocycles. The third-order valence-corrected chi connectivity index (χ3v) is 4.32. The van der Waals surface area contributed by atoms with Crippen molar-refractivity contribution in [2.75, 3.05) is 24.3 Å². The molecule has 0 aliphatic heterocycles. The van der Waals surface area contributed by atoms with Crippen LogP contribution in [0.25, 0.3) is 22.4 Å². The fourth-order valence-corrected chi connectivity index (χ4v) is 2.89. The monoisotopic (exact) mass is 357 g/mol. The summed E-state index contributed by atoms with van der Waals surface area (Å²) >= 11 is 0. The van der Waals surface area contributed by atoms with E-state index in [0.717, 1.165) is 22.4 Å². The van der Waals surface area contributed by atoms with Crippen LogP contribution in [0, 0.1) is 0 Å². The lowest BCUT2D eigenvalue weighted by atomic mass is 10.1. The molecule has 0 bridgehead atoms. The number of hydrogen-bond acceptors (Lipinski definition) is 4. The number of carbonyl (C=O) groups is 1. The molecule has 134 valence electrons. The van der Waals surface area contributed by atoms with Crippen molar-refractivity contribution in [3.05, 3.63) is 78.5 Å². The van der Waals surface area contributed by atoms with Gasteiger partial charge in [-0.05, 0) is 48.5 Å². The van der Waals surface area contributed by atoms with Gasteiger partial charge in [0, 0.05) is 48.2 Å². The molecule has 2 heterocycles. The van der Waals surface area contributed by atoms with E-state index < -0.39 is 0 Å². The molecule has 5 heteroatoms. The van der Waals surface area contributed by atoms with E-state index in [1.807, 2.05) is 79.7 Å². The van der Waals surface area contributed by atoms with E-state index in [4.69, 9.17) is 4.42 Å². The summed E-state index contributed by atoms with van der Waals surface area (Å²) in [5.41, 5.74) is 3.78. The number of amides is 1. The lowest BCUT2D eigenvalue weighted by molar-refractivity contribution is 0.102. The molecule has 4 aromatic rings. The molecule has 1 N–H and O–H groups in total. The smallest absolute Gasteiger partial charge is 0.255 e. The van der Waals surface area contributed by atoms with Crippen molar-refractivity contribution in [3.8, 4) is 11.3 Å². The molecule has 0 saturated carbocycles. The number of rotatable bonds is 4. The number of carbonyl (C=O) groups excluding carboxylic acids is 1. The molecule has 5 nitrogen and oxygen atoms in total. The Morgan fingerprint density at radius 3 is 2.67 bits per heavy atom. The van der Waals surface area contributed by atoms with Gasteiger partial charge < -0.3 is 14.6 Å². The largest absolute Gasteiger partial charge is 0.438 e. The number of furan rings is 1. The van der Waals surface area contributed by atoms with Crippen LogP contribution in [0.5, 0.6) is 0 Å². The molecule has 0 atom stereocenters. The van der Waals surface area contributed by atoms with Crippen LogP contribution in [-0.2, 0) is 0 Å². The predicted octanol–water partition coefficient (Wildman–Crippen LogP) is 4.81. The first-order valence-electron chi connectivity index (χ1n) is 8.64. The average molecular weight is 357 g/mol. The highest BCUT2D eigenvalue weighted by molar-refractivity contribution is 6.05. The van der Waals surface area contributed by atoms with E-state index in [1.54, 1.807) is 12.3 Å². The van der Waals surface area contributed by atoms with Gasteiger partial charge in [-0.3, -0.25) is 4.79 Å². The molecular formula is C22H19N3O2. The fourth-order valence-electron chi connectivity index (χ4n) is 2.89. The topological polar surface area (TPSA) is 58.4 Å². The highest BCUT2D eigenvalue weighted by Gasteiger charge is 2.10. The van der Waals surface area contributed by atoms with Crippen LogP contribution < -0.4 is 10.2 Å². The first-order valence-corrected chi connectivity index (χ1v) is 8.64. The van der Waals surface area contributed by atoms with Crippen LogP contribution in [0.4, 0.5) is 11.4 Å². The van der Waals surface area contributed by atoms with Gasteiger partial charge in [0.1, 0.15) is 5.76 Å². The predicted molar refractivity (Wildman–Crippen MR) is 108 cm³/mol. The van der Waals surface area contributed by atoms with E-state index in [2.05, 4.69) is 10.3 Å². The molecule has 4 rings (SSSR count). The molecule has 0 radical (unpaired) electrons. The van der Waals surface area contributed by atoms with Crippen LogP contribution >= 0.6 is 0 Å². The first-order chi connectivity index (χ1) is 13.1. The van der Waals surface area contributed by atoms with E-state index in [-0.39, 0.29) is 5.91 Å². The SMILES string of the molecule is CN(C)c1cccc(C(=O)Nc2cccc(-c3cc4cccnc4o3)c2)c1. The zero-order chi connectivity index (χ0) is 18.8. The van der Waals surface area contributed by atoms with E-state index >= 15 is 0 Å². The Balaban J connectivity index is 1.59. The number of anilines is 2. The second-order valence-electron chi connectivity index (χ2n) is 6.49. The molecule has 1 amide bonds. The summed E-state index contributed by atoms with van der Waals surface area (Å²) in [7, 11) is 3.89. The van der Waals surface area contributed by atoms with Crippen molar-refractivity contribution in [2.45, 2.75) is 0 Å². The van der Waals surface area contributed by atoms with Crippen molar-refractivity contribution in [1.29, 1.82) is 0 Å². The van der Waals surface area contributed by atoms with Crippen LogP contribution in [0.1, 0.15) is 10.4 Å². The second kappa shape index (κ2) is 6.96. The lowest BCUT2D eigenvalue weighted by Crippen LogP contribution is -2.14. The van der Waals surface area contributed by atoms with Crippen LogP contribution in [0.3, 0.4) is 0 Å². The minimum absolute atomic E-state index is 0.151. The summed E-state index contributed by atoms with van der Waals surface area (Å²) in [5, 5.41) is 3.90. The molecule has 0 spiro atoms. The van der Waals surface area contributed by atoms with E-state index in [9.17, 15) is 4.79 Å². The summed E-state index contributed by atoms with van der Waals surface area (Å²) in [5.74, 6) is 0.566. The van der Waals surface area contributed by atoms with Crippen molar-refractivity contribution in [2.24, 2.45) is 0 Å². The van der Waals surface area contributed by atoms with Gasteiger partial charge in [0.05, 0.1) is 0 Å². The fraction of sp³-hybridized carbons (Fsp3) is 0.0909. The maximum absolute atomic E-state index is 12.6. The summed E-state index contributed by atoms with van der Waals surface area (Å²) in [6.07, 6.45) is 1.70. The Kier molecular flexibility index (Phi) is 4.34. The molecule has 0 aliphatic carbocycles. The number of benzene rings is 2. The summed E-state index contributed by atoms with van der Waals surface area (Å²) in [6.45, 7) is 0. The molecular weight excluding hydrogens is 338 g/mol. The van der Waals surface area contributed by atoms with Gasteiger partial charge in [-0.1, -0.05) is 18.2 Å². The zero-order valence-electron chi connectivity index (χ0n) is 15.1. The van der Waals surface area contributed by atoms with E-state index in [0.29, 0.717) is 17.0 Å². The average Bonchev–Trinajstić information content (AvgIpc) is 3.12. The van der Waals surface area contributed by atoms with Gasteiger partial charge in [0.2, 0.25) is 5.71 Å². The maximum atomic E-state index is 12.6. The summed E-state index contributed by atoms with van der Waals surface area (Å²) in [4.78, 5) is 18.8. The lowest BCUT2D eigenvalue weighted by Gasteiger charge is -2.13. The number of fused-ring (bicyclic) bond motifs is 1. The normalized spacial score (nSPS) is 10.7. The maximum Gasteiger partial charge on any atom is 0.255 e. The molecule has 2 aromatic carbocycles. The van der Waals surface area contributed by atoms with Gasteiger partial charge in [-0.2, -0.15) is 0 Å². The zero-order valence-corrected chi connectivity index (χ0v) is 15.1. The Labute approximate surface area is 157 Å².